The molecule has 3 aromatic rings. The summed E-state index contributed by atoms with van der Waals surface area (Å²) in [6.07, 6.45) is 4.24. The van der Waals surface area contributed by atoms with Crippen molar-refractivity contribution in [3.8, 4) is 28.4 Å². The van der Waals surface area contributed by atoms with Crippen molar-refractivity contribution in [2.24, 2.45) is 0 Å². The number of hydrogen-bond donors (Lipinski definition) is 4. The number of carbonyl (C=O) groups is 2. The van der Waals surface area contributed by atoms with Crippen LogP contribution < -0.4 is 20.8 Å². The highest BCUT2D eigenvalue weighted by atomic mass is 16.6. The maximum atomic E-state index is 12.9. The summed E-state index contributed by atoms with van der Waals surface area (Å²) in [6, 6.07) is 8.75. The van der Waals surface area contributed by atoms with Gasteiger partial charge in [-0.2, -0.15) is 0 Å². The van der Waals surface area contributed by atoms with Gasteiger partial charge in [0, 0.05) is 25.2 Å². The van der Waals surface area contributed by atoms with E-state index in [2.05, 4.69) is 10.6 Å². The van der Waals surface area contributed by atoms with E-state index in [0.717, 1.165) is 25.7 Å². The minimum atomic E-state index is -0.518. The first-order valence-electron chi connectivity index (χ1n) is 12.5. The van der Waals surface area contributed by atoms with Crippen molar-refractivity contribution in [1.29, 1.82) is 0 Å². The summed E-state index contributed by atoms with van der Waals surface area (Å²) in [5.74, 6) is -0.394. The maximum absolute atomic E-state index is 12.9. The lowest BCUT2D eigenvalue weighted by Crippen LogP contribution is -2.33. The van der Waals surface area contributed by atoms with E-state index in [-0.39, 0.29) is 46.3 Å². The van der Waals surface area contributed by atoms with Gasteiger partial charge in [-0.05, 0) is 51.3 Å². The van der Waals surface area contributed by atoms with Crippen molar-refractivity contribution in [3.63, 3.8) is 0 Å². The summed E-state index contributed by atoms with van der Waals surface area (Å²) in [4.78, 5) is 36.6. The van der Waals surface area contributed by atoms with Crippen LogP contribution >= 0.6 is 0 Å². The summed E-state index contributed by atoms with van der Waals surface area (Å²) in [5, 5.41) is 25.4. The molecule has 10 nitrogen and oxygen atoms in total. The van der Waals surface area contributed by atoms with Gasteiger partial charge in [0.1, 0.15) is 40.1 Å². The number of ether oxygens (including phenoxy) is 2. The van der Waals surface area contributed by atoms with Crippen molar-refractivity contribution in [2.45, 2.75) is 52.1 Å². The summed E-state index contributed by atoms with van der Waals surface area (Å²) in [6.45, 7) is 6.19. The number of phenolic OH excluding ortho intramolecular Hbond substituents is 2. The molecule has 0 unspecified atom stereocenters. The first-order chi connectivity index (χ1) is 18.0. The van der Waals surface area contributed by atoms with Crippen LogP contribution in [-0.2, 0) is 9.53 Å². The first kappa shape index (κ1) is 28.4. The molecule has 0 aliphatic carbocycles. The van der Waals surface area contributed by atoms with E-state index in [4.69, 9.17) is 13.9 Å². The first-order valence-corrected chi connectivity index (χ1v) is 12.5. The van der Waals surface area contributed by atoms with E-state index in [1.165, 1.54) is 30.5 Å². The van der Waals surface area contributed by atoms with Gasteiger partial charge < -0.3 is 34.7 Å². The van der Waals surface area contributed by atoms with Crippen LogP contribution in [0.3, 0.4) is 0 Å². The predicted octanol–water partition coefficient (Wildman–Crippen LogP) is 4.45. The van der Waals surface area contributed by atoms with Gasteiger partial charge in [-0.3, -0.25) is 9.59 Å². The molecule has 0 fully saturated rings. The van der Waals surface area contributed by atoms with Gasteiger partial charge in [0.15, 0.2) is 6.61 Å². The van der Waals surface area contributed by atoms with Gasteiger partial charge in [-0.25, -0.2) is 4.79 Å². The lowest BCUT2D eigenvalue weighted by molar-refractivity contribution is -0.123. The summed E-state index contributed by atoms with van der Waals surface area (Å²) in [7, 11) is 0. The lowest BCUT2D eigenvalue weighted by atomic mass is 10.0. The number of hydrogen-bond acceptors (Lipinski definition) is 8. The Morgan fingerprint density at radius 2 is 1.61 bits per heavy atom. The SMILES string of the molecule is CC(C)(C)OC(=O)NCCCCCCNC(=O)COc1cc(O)c2c(=O)c(-c3ccc(O)cc3)coc2c1. The molecule has 0 bridgehead atoms. The number of nitrogens with one attached hydrogen (secondary N) is 2. The molecule has 2 amide bonds. The van der Waals surface area contributed by atoms with Crippen LogP contribution in [-0.4, -0.2) is 47.5 Å². The van der Waals surface area contributed by atoms with Crippen LogP contribution in [0, 0.1) is 0 Å². The van der Waals surface area contributed by atoms with Crippen molar-refractivity contribution in [2.75, 3.05) is 19.7 Å². The number of aromatic hydroxyl groups is 2. The number of rotatable bonds is 11. The molecule has 1 heterocycles. The summed E-state index contributed by atoms with van der Waals surface area (Å²) >= 11 is 0. The molecule has 3 rings (SSSR count). The molecule has 4 N–H and O–H groups in total. The number of fused-ring (bicyclic) bond motifs is 1. The second-order valence-electron chi connectivity index (χ2n) is 9.82. The van der Waals surface area contributed by atoms with Gasteiger partial charge in [-0.15, -0.1) is 0 Å². The molecule has 0 spiro atoms. The zero-order chi connectivity index (χ0) is 27.7. The Labute approximate surface area is 220 Å². The van der Waals surface area contributed by atoms with E-state index in [9.17, 15) is 24.6 Å². The van der Waals surface area contributed by atoms with Crippen molar-refractivity contribution in [3.05, 3.63) is 52.9 Å². The van der Waals surface area contributed by atoms with E-state index < -0.39 is 17.1 Å². The number of carbonyl (C=O) groups excluding carboxylic acids is 2. The van der Waals surface area contributed by atoms with Crippen molar-refractivity contribution >= 4 is 23.0 Å². The van der Waals surface area contributed by atoms with Crippen LogP contribution in [0.2, 0.25) is 0 Å². The summed E-state index contributed by atoms with van der Waals surface area (Å²) in [5.41, 5.74) is -0.0587. The molecule has 0 aliphatic rings. The number of benzene rings is 2. The molecular formula is C28H34N2O8. The minimum Gasteiger partial charge on any atom is -0.508 e. The Hall–Kier alpha value is -4.21. The highest BCUT2D eigenvalue weighted by Gasteiger charge is 2.16. The quantitative estimate of drug-likeness (QED) is 0.268. The minimum absolute atomic E-state index is 0.00586. The third-order valence-electron chi connectivity index (χ3n) is 5.47. The average molecular weight is 527 g/mol. The molecular weight excluding hydrogens is 492 g/mol. The standard InChI is InChI=1S/C28H34N2O8/c1-28(2,3)38-27(35)30-13-7-5-4-6-12-29-24(33)17-36-20-14-22(32)25-23(15-20)37-16-21(26(25)34)18-8-10-19(31)11-9-18/h8-11,14-16,31-32H,4-7,12-13,17H2,1-3H3,(H,29,33)(H,30,35). The zero-order valence-electron chi connectivity index (χ0n) is 21.8. The fraction of sp³-hybridized carbons (Fsp3) is 0.393. The van der Waals surface area contributed by atoms with Crippen molar-refractivity contribution in [1.82, 2.24) is 10.6 Å². The summed E-state index contributed by atoms with van der Waals surface area (Å²) < 4.78 is 16.2. The molecule has 0 atom stereocenters. The number of amides is 2. The zero-order valence-corrected chi connectivity index (χ0v) is 21.8. The Morgan fingerprint density at radius 1 is 0.947 bits per heavy atom. The van der Waals surface area contributed by atoms with Crippen LogP contribution in [0.15, 0.2) is 51.9 Å². The molecule has 0 saturated heterocycles. The van der Waals surface area contributed by atoms with Crippen LogP contribution in [0.4, 0.5) is 4.79 Å². The second-order valence-corrected chi connectivity index (χ2v) is 9.82. The second kappa shape index (κ2) is 12.8. The molecule has 1 aromatic heterocycles. The molecule has 38 heavy (non-hydrogen) atoms. The Kier molecular flexibility index (Phi) is 9.59. The normalized spacial score (nSPS) is 11.2. The molecule has 2 aromatic carbocycles. The van der Waals surface area contributed by atoms with Gasteiger partial charge in [0.05, 0.1) is 5.56 Å². The Balaban J connectivity index is 1.41. The highest BCUT2D eigenvalue weighted by molar-refractivity contribution is 5.88. The van der Waals surface area contributed by atoms with Crippen LogP contribution in [0.25, 0.3) is 22.1 Å². The monoisotopic (exact) mass is 526 g/mol. The van der Waals surface area contributed by atoms with Gasteiger partial charge >= 0.3 is 6.09 Å². The van der Waals surface area contributed by atoms with Crippen LogP contribution in [0.5, 0.6) is 17.2 Å². The molecule has 204 valence electrons. The molecule has 0 saturated carbocycles. The lowest BCUT2D eigenvalue weighted by Gasteiger charge is -2.19. The molecule has 0 radical (unpaired) electrons. The third-order valence-corrected chi connectivity index (χ3v) is 5.47. The number of phenols is 2. The van der Waals surface area contributed by atoms with Crippen LogP contribution in [0.1, 0.15) is 46.5 Å². The number of alkyl carbamates (subject to hydrolysis) is 1. The van der Waals surface area contributed by atoms with Crippen molar-refractivity contribution < 1.29 is 33.7 Å². The van der Waals surface area contributed by atoms with E-state index in [1.54, 1.807) is 12.1 Å². The topological polar surface area (TPSA) is 147 Å². The maximum Gasteiger partial charge on any atom is 0.407 e. The largest absolute Gasteiger partial charge is 0.508 e. The Morgan fingerprint density at radius 3 is 2.26 bits per heavy atom. The average Bonchev–Trinajstić information content (AvgIpc) is 2.84. The van der Waals surface area contributed by atoms with Gasteiger partial charge in [-0.1, -0.05) is 25.0 Å². The molecule has 10 heteroatoms. The smallest absolute Gasteiger partial charge is 0.407 e. The Bertz CT molecular complexity index is 1310. The highest BCUT2D eigenvalue weighted by Crippen LogP contribution is 2.30. The van der Waals surface area contributed by atoms with E-state index in [0.29, 0.717) is 18.7 Å². The van der Waals surface area contributed by atoms with E-state index in [1.807, 2.05) is 20.8 Å². The van der Waals surface area contributed by atoms with Gasteiger partial charge in [0.2, 0.25) is 5.43 Å². The fourth-order valence-corrected chi connectivity index (χ4v) is 3.67. The van der Waals surface area contributed by atoms with Gasteiger partial charge in [0.25, 0.3) is 5.91 Å². The fourth-order valence-electron chi connectivity index (χ4n) is 3.67. The van der Waals surface area contributed by atoms with E-state index >= 15 is 0 Å². The molecule has 0 aliphatic heterocycles. The predicted molar refractivity (Wildman–Crippen MR) is 142 cm³/mol. The number of unbranched alkanes of at least 4 members (excludes halogenated alkanes) is 3. The third kappa shape index (κ3) is 8.43.